The van der Waals surface area contributed by atoms with Crippen molar-refractivity contribution in [3.63, 3.8) is 0 Å². The highest BCUT2D eigenvalue weighted by Crippen LogP contribution is 2.42. The predicted octanol–water partition coefficient (Wildman–Crippen LogP) is 4.70. The van der Waals surface area contributed by atoms with E-state index in [2.05, 4.69) is 46.5 Å². The van der Waals surface area contributed by atoms with E-state index in [1.165, 1.54) is 11.0 Å². The fraction of sp³-hybridized carbons (Fsp3) is 0.652. The van der Waals surface area contributed by atoms with E-state index in [0.29, 0.717) is 59.9 Å². The third-order valence-electron chi connectivity index (χ3n) is 6.71. The van der Waals surface area contributed by atoms with E-state index in [4.69, 9.17) is 14.9 Å². The molecule has 9 heteroatoms. The number of benzene rings is 1. The van der Waals surface area contributed by atoms with Crippen LogP contribution in [0.15, 0.2) is 12.1 Å². The summed E-state index contributed by atoms with van der Waals surface area (Å²) in [7, 11) is -1.92. The normalized spacial score (nSPS) is 15.7. The minimum Gasteiger partial charge on any atom is -0.416 e. The molecular formula is C23H37FN4O3Si. The van der Waals surface area contributed by atoms with Crippen molar-refractivity contribution in [2.45, 2.75) is 71.1 Å². The molecular weight excluding hydrogens is 427 g/mol. The average molecular weight is 465 g/mol. The number of nitrogens with two attached hydrogens (primary N) is 1. The lowest BCUT2D eigenvalue weighted by molar-refractivity contribution is -0.125. The second kappa shape index (κ2) is 9.89. The van der Waals surface area contributed by atoms with Gasteiger partial charge in [-0.1, -0.05) is 41.5 Å². The number of aryl methyl sites for hydroxylation is 1. The van der Waals surface area contributed by atoms with E-state index >= 15 is 0 Å². The summed E-state index contributed by atoms with van der Waals surface area (Å²) < 4.78 is 28.5. The Labute approximate surface area is 191 Å². The molecule has 0 spiro atoms. The topological polar surface area (TPSA) is 82.6 Å². The van der Waals surface area contributed by atoms with Crippen molar-refractivity contribution >= 4 is 36.9 Å². The Kier molecular flexibility index (Phi) is 7.62. The summed E-state index contributed by atoms with van der Waals surface area (Å²) in [6, 6.07) is 3.03. The number of imidazole rings is 1. The molecule has 32 heavy (non-hydrogen) atoms. The van der Waals surface area contributed by atoms with Crippen molar-refractivity contribution in [2.24, 2.45) is 0 Å². The number of nitrogen functional groups attached to an aromatic ring is 1. The second-order valence-corrected chi connectivity index (χ2v) is 15.0. The summed E-state index contributed by atoms with van der Waals surface area (Å²) >= 11 is 0. The number of ether oxygens (including phenoxy) is 1. The van der Waals surface area contributed by atoms with Crippen LogP contribution in [0.3, 0.4) is 0 Å². The summed E-state index contributed by atoms with van der Waals surface area (Å²) in [4.78, 5) is 18.0. The number of carbonyl (C=O) groups is 1. The van der Waals surface area contributed by atoms with Crippen LogP contribution in [0.2, 0.25) is 16.6 Å². The van der Waals surface area contributed by atoms with Crippen molar-refractivity contribution in [3.05, 3.63) is 17.9 Å². The van der Waals surface area contributed by atoms with Gasteiger partial charge in [0.25, 0.3) is 5.91 Å². The average Bonchev–Trinajstić information content (AvgIpc) is 3.01. The Balaban J connectivity index is 1.76. The van der Waals surface area contributed by atoms with E-state index in [9.17, 15) is 9.18 Å². The van der Waals surface area contributed by atoms with E-state index < -0.39 is 14.1 Å². The number of hydrogen-bond acceptors (Lipinski definition) is 5. The number of aromatic nitrogens is 2. The van der Waals surface area contributed by atoms with Gasteiger partial charge in [0.15, 0.2) is 8.32 Å². The fourth-order valence-corrected chi connectivity index (χ4v) is 10.8. The first kappa shape index (κ1) is 24.7. The highest BCUT2D eigenvalue weighted by atomic mass is 28.4. The third-order valence-corrected chi connectivity index (χ3v) is 12.8. The number of rotatable bonds is 9. The summed E-state index contributed by atoms with van der Waals surface area (Å²) in [5, 5.41) is 0. The van der Waals surface area contributed by atoms with Crippen LogP contribution in [0.5, 0.6) is 0 Å². The number of amides is 1. The maximum atomic E-state index is 14.9. The van der Waals surface area contributed by atoms with Gasteiger partial charge in [-0.15, -0.1) is 0 Å². The molecule has 1 aliphatic heterocycles. The van der Waals surface area contributed by atoms with Crippen LogP contribution in [-0.4, -0.2) is 50.1 Å². The van der Waals surface area contributed by atoms with Gasteiger partial charge in [0.2, 0.25) is 5.95 Å². The summed E-state index contributed by atoms with van der Waals surface area (Å²) in [5.74, 6) is -0.381. The molecule has 0 unspecified atom stereocenters. The van der Waals surface area contributed by atoms with Gasteiger partial charge >= 0.3 is 0 Å². The maximum absolute atomic E-state index is 14.9. The second-order valence-electron chi connectivity index (χ2n) is 9.53. The number of anilines is 2. The molecule has 7 nitrogen and oxygen atoms in total. The lowest BCUT2D eigenvalue weighted by Gasteiger charge is -2.42. The molecule has 2 N–H and O–H groups in total. The quantitative estimate of drug-likeness (QED) is 0.429. The van der Waals surface area contributed by atoms with Crippen molar-refractivity contribution in [1.82, 2.24) is 9.55 Å². The molecule has 178 valence electrons. The largest absolute Gasteiger partial charge is 0.416 e. The SMILES string of the molecule is CC(C)[Si](OCCCn1c(N)nc2cc(N3CCOCC3=O)c(F)cc21)(C(C)C)C(C)C. The first-order chi connectivity index (χ1) is 15.1. The van der Waals surface area contributed by atoms with Crippen LogP contribution in [0, 0.1) is 5.82 Å². The van der Waals surface area contributed by atoms with Crippen LogP contribution in [0.1, 0.15) is 48.0 Å². The molecule has 0 bridgehead atoms. The molecule has 1 amide bonds. The first-order valence-corrected chi connectivity index (χ1v) is 13.7. The van der Waals surface area contributed by atoms with E-state index in [-0.39, 0.29) is 18.2 Å². The highest BCUT2D eigenvalue weighted by Gasteiger charge is 2.44. The number of halogens is 1. The van der Waals surface area contributed by atoms with E-state index in [1.54, 1.807) is 6.07 Å². The molecule has 2 aromatic rings. The van der Waals surface area contributed by atoms with Crippen LogP contribution >= 0.6 is 0 Å². The van der Waals surface area contributed by atoms with Crippen molar-refractivity contribution < 1.29 is 18.3 Å². The van der Waals surface area contributed by atoms with Crippen molar-refractivity contribution in [3.8, 4) is 0 Å². The molecule has 2 heterocycles. The van der Waals surface area contributed by atoms with Gasteiger partial charge in [0, 0.05) is 25.8 Å². The standard InChI is InChI=1S/C23H37FN4O3Si/c1-15(2)32(16(3)4,17(5)6)31-10-7-8-28-21-12-18(24)20(13-19(21)26-23(28)25)27-9-11-30-14-22(27)29/h12-13,15-17H,7-11,14H2,1-6H3,(H2,25,26). The zero-order valence-corrected chi connectivity index (χ0v) is 21.2. The number of nitrogens with zero attached hydrogens (tertiary/aromatic N) is 3. The number of fused-ring (bicyclic) bond motifs is 1. The molecule has 3 rings (SSSR count). The van der Waals surface area contributed by atoms with Crippen molar-refractivity contribution in [1.29, 1.82) is 0 Å². The van der Waals surface area contributed by atoms with E-state index in [1.807, 2.05) is 4.57 Å². The molecule has 1 aliphatic rings. The molecule has 0 radical (unpaired) electrons. The predicted molar refractivity (Wildman–Crippen MR) is 129 cm³/mol. The van der Waals surface area contributed by atoms with Crippen LogP contribution in [0.4, 0.5) is 16.0 Å². The number of hydrogen-bond donors (Lipinski definition) is 1. The van der Waals surface area contributed by atoms with Gasteiger partial charge in [0.1, 0.15) is 12.4 Å². The lowest BCUT2D eigenvalue weighted by Crippen LogP contribution is -2.48. The Hall–Kier alpha value is -1.97. The van der Waals surface area contributed by atoms with Gasteiger partial charge in [-0.3, -0.25) is 4.79 Å². The smallest absolute Gasteiger partial charge is 0.253 e. The molecule has 0 aliphatic carbocycles. The minimum absolute atomic E-state index is 0.0397. The monoisotopic (exact) mass is 464 g/mol. The maximum Gasteiger partial charge on any atom is 0.253 e. The first-order valence-electron chi connectivity index (χ1n) is 11.6. The molecule has 0 atom stereocenters. The lowest BCUT2D eigenvalue weighted by atomic mass is 10.2. The van der Waals surface area contributed by atoms with Gasteiger partial charge in [-0.2, -0.15) is 0 Å². The summed E-state index contributed by atoms with van der Waals surface area (Å²) in [6.07, 6.45) is 0.766. The number of morpholine rings is 1. The Morgan fingerprint density at radius 3 is 2.44 bits per heavy atom. The van der Waals surface area contributed by atoms with Crippen LogP contribution in [0.25, 0.3) is 11.0 Å². The fourth-order valence-electron chi connectivity index (χ4n) is 5.34. The Bertz CT molecular complexity index is 939. The molecule has 0 saturated carbocycles. The van der Waals surface area contributed by atoms with Gasteiger partial charge in [-0.05, 0) is 29.1 Å². The zero-order chi connectivity index (χ0) is 23.6. The Morgan fingerprint density at radius 1 is 1.19 bits per heavy atom. The summed E-state index contributed by atoms with van der Waals surface area (Å²) in [6.45, 7) is 15.5. The zero-order valence-electron chi connectivity index (χ0n) is 20.2. The highest BCUT2D eigenvalue weighted by molar-refractivity contribution is 6.77. The van der Waals surface area contributed by atoms with E-state index in [0.717, 1.165) is 6.42 Å². The van der Waals surface area contributed by atoms with Crippen LogP contribution in [-0.2, 0) is 20.5 Å². The number of carbonyl (C=O) groups excluding carboxylic acids is 1. The van der Waals surface area contributed by atoms with Gasteiger partial charge in [-0.25, -0.2) is 9.37 Å². The van der Waals surface area contributed by atoms with Gasteiger partial charge < -0.3 is 24.4 Å². The third kappa shape index (κ3) is 4.56. The molecule has 1 fully saturated rings. The van der Waals surface area contributed by atoms with Crippen LogP contribution < -0.4 is 10.6 Å². The molecule has 1 aromatic heterocycles. The van der Waals surface area contributed by atoms with Gasteiger partial charge in [0.05, 0.1) is 23.3 Å². The molecule has 1 saturated heterocycles. The minimum atomic E-state index is -1.92. The Morgan fingerprint density at radius 2 is 1.84 bits per heavy atom. The summed E-state index contributed by atoms with van der Waals surface area (Å²) in [5.41, 5.74) is 9.17. The molecule has 1 aromatic carbocycles. The van der Waals surface area contributed by atoms with Crippen molar-refractivity contribution in [2.75, 3.05) is 37.0 Å².